The lowest BCUT2D eigenvalue weighted by molar-refractivity contribution is 0.0821. The van der Waals surface area contributed by atoms with Gasteiger partial charge in [0.1, 0.15) is 12.0 Å². The molecule has 1 aromatic heterocycles. The second-order valence-electron chi connectivity index (χ2n) is 5.90. The zero-order valence-corrected chi connectivity index (χ0v) is 12.7. The van der Waals surface area contributed by atoms with Gasteiger partial charge in [-0.3, -0.25) is 4.79 Å². The third-order valence-corrected chi connectivity index (χ3v) is 3.92. The summed E-state index contributed by atoms with van der Waals surface area (Å²) in [6.07, 6.45) is 6.15. The average molecular weight is 276 g/mol. The molecule has 0 spiro atoms. The van der Waals surface area contributed by atoms with E-state index in [-0.39, 0.29) is 5.91 Å². The van der Waals surface area contributed by atoms with Crippen LogP contribution in [0, 0.1) is 5.92 Å². The van der Waals surface area contributed by atoms with Crippen LogP contribution in [0.2, 0.25) is 0 Å². The molecule has 1 atom stereocenters. The molecule has 1 amide bonds. The van der Waals surface area contributed by atoms with Crippen molar-refractivity contribution in [1.82, 2.24) is 19.8 Å². The van der Waals surface area contributed by atoms with Crippen molar-refractivity contribution in [2.75, 3.05) is 34.2 Å². The van der Waals surface area contributed by atoms with E-state index in [1.54, 1.807) is 19.0 Å². The molecule has 1 aliphatic heterocycles. The Morgan fingerprint density at radius 1 is 1.35 bits per heavy atom. The SMILES string of the molecule is CN1CCC[C@H](Cc2cc(C(=O)N(C)C)ncn2)CC1. The number of amides is 1. The Morgan fingerprint density at radius 3 is 2.90 bits per heavy atom. The number of rotatable bonds is 3. The van der Waals surface area contributed by atoms with Crippen LogP contribution in [-0.4, -0.2) is 59.9 Å². The Hall–Kier alpha value is -1.49. The minimum atomic E-state index is -0.0609. The Balaban J connectivity index is 2.02. The van der Waals surface area contributed by atoms with Gasteiger partial charge in [-0.1, -0.05) is 0 Å². The van der Waals surface area contributed by atoms with Crippen molar-refractivity contribution in [2.24, 2.45) is 5.92 Å². The summed E-state index contributed by atoms with van der Waals surface area (Å²) < 4.78 is 0. The molecule has 5 nitrogen and oxygen atoms in total. The smallest absolute Gasteiger partial charge is 0.272 e. The maximum atomic E-state index is 11.9. The van der Waals surface area contributed by atoms with Crippen molar-refractivity contribution in [3.05, 3.63) is 23.8 Å². The number of nitrogens with zero attached hydrogens (tertiary/aromatic N) is 4. The first-order valence-corrected chi connectivity index (χ1v) is 7.27. The lowest BCUT2D eigenvalue weighted by Crippen LogP contribution is -2.23. The number of aromatic nitrogens is 2. The largest absolute Gasteiger partial charge is 0.343 e. The van der Waals surface area contributed by atoms with Gasteiger partial charge >= 0.3 is 0 Å². The van der Waals surface area contributed by atoms with Gasteiger partial charge in [0.05, 0.1) is 0 Å². The highest BCUT2D eigenvalue weighted by Crippen LogP contribution is 2.20. The van der Waals surface area contributed by atoms with E-state index in [1.165, 1.54) is 32.1 Å². The predicted octanol–water partition coefficient (Wildman–Crippen LogP) is 1.45. The molecule has 2 rings (SSSR count). The van der Waals surface area contributed by atoms with Crippen LogP contribution in [0.25, 0.3) is 0 Å². The number of carbonyl (C=O) groups is 1. The maximum Gasteiger partial charge on any atom is 0.272 e. The van der Waals surface area contributed by atoms with Crippen LogP contribution in [0.3, 0.4) is 0 Å². The van der Waals surface area contributed by atoms with Crippen LogP contribution >= 0.6 is 0 Å². The van der Waals surface area contributed by atoms with Crippen molar-refractivity contribution in [3.63, 3.8) is 0 Å². The van der Waals surface area contributed by atoms with Gasteiger partial charge in [0.2, 0.25) is 0 Å². The van der Waals surface area contributed by atoms with Crippen LogP contribution in [0.1, 0.15) is 35.4 Å². The molecule has 1 fully saturated rings. The third kappa shape index (κ3) is 4.00. The fourth-order valence-corrected chi connectivity index (χ4v) is 2.66. The van der Waals surface area contributed by atoms with Gasteiger partial charge in [-0.15, -0.1) is 0 Å². The third-order valence-electron chi connectivity index (χ3n) is 3.92. The lowest BCUT2D eigenvalue weighted by Gasteiger charge is -2.15. The van der Waals surface area contributed by atoms with E-state index in [2.05, 4.69) is 21.9 Å². The molecule has 0 bridgehead atoms. The minimum Gasteiger partial charge on any atom is -0.343 e. The molecule has 1 aliphatic rings. The summed E-state index contributed by atoms with van der Waals surface area (Å²) in [6, 6.07) is 1.84. The van der Waals surface area contributed by atoms with E-state index in [0.717, 1.165) is 18.7 Å². The molecule has 0 aromatic carbocycles. The molecule has 1 saturated heterocycles. The topological polar surface area (TPSA) is 49.3 Å². The highest BCUT2D eigenvalue weighted by atomic mass is 16.2. The quantitative estimate of drug-likeness (QED) is 0.838. The van der Waals surface area contributed by atoms with Crippen LogP contribution in [0.4, 0.5) is 0 Å². The van der Waals surface area contributed by atoms with Crippen molar-refractivity contribution >= 4 is 5.91 Å². The number of likely N-dealkylation sites (tertiary alicyclic amines) is 1. The molecule has 110 valence electrons. The monoisotopic (exact) mass is 276 g/mol. The van der Waals surface area contributed by atoms with Gasteiger partial charge in [0, 0.05) is 19.8 Å². The van der Waals surface area contributed by atoms with Crippen LogP contribution in [0.5, 0.6) is 0 Å². The minimum absolute atomic E-state index is 0.0609. The fourth-order valence-electron chi connectivity index (χ4n) is 2.66. The second kappa shape index (κ2) is 6.79. The van der Waals surface area contributed by atoms with Gasteiger partial charge < -0.3 is 9.80 Å². The Kier molecular flexibility index (Phi) is 5.06. The van der Waals surface area contributed by atoms with E-state index in [4.69, 9.17) is 0 Å². The molecule has 5 heteroatoms. The highest BCUT2D eigenvalue weighted by molar-refractivity contribution is 5.91. The zero-order chi connectivity index (χ0) is 14.5. The number of hydrogen-bond donors (Lipinski definition) is 0. The van der Waals surface area contributed by atoms with Crippen LogP contribution in [0.15, 0.2) is 12.4 Å². The standard InChI is InChI=1S/C15H24N4O/c1-18(2)15(20)14-10-13(16-11-17-14)9-12-5-4-7-19(3)8-6-12/h10-12H,4-9H2,1-3H3/t12-/m0/s1. The van der Waals surface area contributed by atoms with E-state index >= 15 is 0 Å². The molecule has 20 heavy (non-hydrogen) atoms. The number of carbonyl (C=O) groups excluding carboxylic acids is 1. The van der Waals surface area contributed by atoms with E-state index in [1.807, 2.05) is 6.07 Å². The van der Waals surface area contributed by atoms with Gasteiger partial charge in [-0.2, -0.15) is 0 Å². The summed E-state index contributed by atoms with van der Waals surface area (Å²) in [5.74, 6) is 0.603. The molecule has 0 N–H and O–H groups in total. The number of hydrogen-bond acceptors (Lipinski definition) is 4. The molecule has 0 unspecified atom stereocenters. The van der Waals surface area contributed by atoms with E-state index in [0.29, 0.717) is 11.6 Å². The molecule has 2 heterocycles. The molecule has 0 saturated carbocycles. The van der Waals surface area contributed by atoms with Crippen LogP contribution < -0.4 is 0 Å². The summed E-state index contributed by atoms with van der Waals surface area (Å²) in [7, 11) is 5.66. The molecule has 1 aromatic rings. The molecule has 0 radical (unpaired) electrons. The second-order valence-corrected chi connectivity index (χ2v) is 5.90. The predicted molar refractivity (Wildman–Crippen MR) is 78.6 cm³/mol. The Morgan fingerprint density at radius 2 is 2.15 bits per heavy atom. The van der Waals surface area contributed by atoms with Crippen LogP contribution in [-0.2, 0) is 6.42 Å². The van der Waals surface area contributed by atoms with Gasteiger partial charge in [-0.05, 0) is 57.8 Å². The average Bonchev–Trinajstić information content (AvgIpc) is 2.63. The summed E-state index contributed by atoms with van der Waals surface area (Å²) in [6.45, 7) is 2.34. The van der Waals surface area contributed by atoms with Gasteiger partial charge in [-0.25, -0.2) is 9.97 Å². The normalized spacial score (nSPS) is 20.4. The maximum absolute atomic E-state index is 11.9. The van der Waals surface area contributed by atoms with E-state index in [9.17, 15) is 4.79 Å². The first-order chi connectivity index (χ1) is 9.56. The zero-order valence-electron chi connectivity index (χ0n) is 12.7. The van der Waals surface area contributed by atoms with Gasteiger partial charge in [0.25, 0.3) is 5.91 Å². The van der Waals surface area contributed by atoms with Crippen molar-refractivity contribution < 1.29 is 4.79 Å². The fraction of sp³-hybridized carbons (Fsp3) is 0.667. The first kappa shape index (κ1) is 14.9. The first-order valence-electron chi connectivity index (χ1n) is 7.27. The summed E-state index contributed by atoms with van der Waals surface area (Å²) in [4.78, 5) is 24.3. The lowest BCUT2D eigenvalue weighted by atomic mass is 9.95. The van der Waals surface area contributed by atoms with E-state index < -0.39 is 0 Å². The summed E-state index contributed by atoms with van der Waals surface area (Å²) in [5.41, 5.74) is 1.48. The van der Waals surface area contributed by atoms with Crippen molar-refractivity contribution in [1.29, 1.82) is 0 Å². The molecular weight excluding hydrogens is 252 g/mol. The van der Waals surface area contributed by atoms with Crippen molar-refractivity contribution in [3.8, 4) is 0 Å². The van der Waals surface area contributed by atoms with Crippen molar-refractivity contribution in [2.45, 2.75) is 25.7 Å². The summed E-state index contributed by atoms with van der Waals surface area (Å²) >= 11 is 0. The molecule has 0 aliphatic carbocycles. The highest BCUT2D eigenvalue weighted by Gasteiger charge is 2.17. The Bertz CT molecular complexity index is 461. The van der Waals surface area contributed by atoms with Gasteiger partial charge in [0.15, 0.2) is 0 Å². The molecular formula is C15H24N4O. The Labute approximate surface area is 121 Å². The summed E-state index contributed by atoms with van der Waals surface area (Å²) in [5, 5.41) is 0.